The second kappa shape index (κ2) is 6.98. The summed E-state index contributed by atoms with van der Waals surface area (Å²) in [5, 5.41) is 18.0. The second-order valence-corrected chi connectivity index (χ2v) is 3.14. The first-order valence-electron chi connectivity index (χ1n) is 5.40. The molecule has 14 heavy (non-hydrogen) atoms. The Hall–Kier alpha value is -0.380. The molecular weight excluding hydrogens is 180 g/mol. The molecule has 0 radical (unpaired) electrons. The number of aliphatic hydroxyl groups excluding tert-OH is 2. The standard InChI is InChI=1S/C6H8O3.C3H8.C2H6/c7-3-1-2-4-6(9-4)5(3)8;1-3-2;1-2/h1-8H;3H2,1-2H3;1-2H3/t3-,4?,5-,6?;;/m1../s1. The topological polar surface area (TPSA) is 53.0 Å². The number of hydrogen-bond donors (Lipinski definition) is 2. The van der Waals surface area contributed by atoms with E-state index in [0.29, 0.717) is 0 Å². The number of fused-ring (bicyclic) bond motifs is 1. The third-order valence-electron chi connectivity index (χ3n) is 1.75. The normalized spacial score (nSPS) is 37.0. The first-order valence-corrected chi connectivity index (χ1v) is 5.40. The Morgan fingerprint density at radius 1 is 1.14 bits per heavy atom. The zero-order valence-electron chi connectivity index (χ0n) is 9.47. The van der Waals surface area contributed by atoms with E-state index >= 15 is 0 Å². The van der Waals surface area contributed by atoms with Gasteiger partial charge < -0.3 is 14.9 Å². The Labute approximate surface area is 86.4 Å². The molecule has 0 saturated carbocycles. The van der Waals surface area contributed by atoms with Gasteiger partial charge in [0.25, 0.3) is 0 Å². The zero-order valence-corrected chi connectivity index (χ0v) is 9.47. The van der Waals surface area contributed by atoms with E-state index in [0.717, 1.165) is 0 Å². The summed E-state index contributed by atoms with van der Waals surface area (Å²) in [4.78, 5) is 0. The average molecular weight is 202 g/mol. The highest BCUT2D eigenvalue weighted by atomic mass is 16.6. The van der Waals surface area contributed by atoms with Crippen molar-refractivity contribution in [2.45, 2.75) is 58.5 Å². The minimum atomic E-state index is -0.728. The van der Waals surface area contributed by atoms with E-state index in [1.807, 2.05) is 13.8 Å². The number of aliphatic hydroxyl groups is 2. The highest BCUT2D eigenvalue weighted by Gasteiger charge is 2.47. The lowest BCUT2D eigenvalue weighted by atomic mass is 10.0. The number of hydrogen-bond acceptors (Lipinski definition) is 3. The van der Waals surface area contributed by atoms with Crippen molar-refractivity contribution < 1.29 is 14.9 Å². The summed E-state index contributed by atoms with van der Waals surface area (Å²) in [7, 11) is 0. The van der Waals surface area contributed by atoms with Crippen LogP contribution in [0.2, 0.25) is 0 Å². The van der Waals surface area contributed by atoms with Gasteiger partial charge in [0.2, 0.25) is 0 Å². The Morgan fingerprint density at radius 3 is 2.07 bits per heavy atom. The molecule has 2 N–H and O–H groups in total. The highest BCUT2D eigenvalue weighted by molar-refractivity contribution is 5.15. The molecule has 0 aromatic rings. The fraction of sp³-hybridized carbons (Fsp3) is 0.818. The maximum Gasteiger partial charge on any atom is 0.117 e. The quantitative estimate of drug-likeness (QED) is 0.462. The van der Waals surface area contributed by atoms with E-state index in [1.165, 1.54) is 6.42 Å². The Balaban J connectivity index is 0.000000294. The van der Waals surface area contributed by atoms with Crippen molar-refractivity contribution in [1.29, 1.82) is 0 Å². The molecule has 0 bridgehead atoms. The van der Waals surface area contributed by atoms with Gasteiger partial charge in [0.05, 0.1) is 0 Å². The van der Waals surface area contributed by atoms with Crippen LogP contribution in [0.25, 0.3) is 0 Å². The van der Waals surface area contributed by atoms with Crippen LogP contribution in [0.15, 0.2) is 12.2 Å². The molecule has 0 spiro atoms. The van der Waals surface area contributed by atoms with Gasteiger partial charge in [-0.2, -0.15) is 0 Å². The molecule has 3 heteroatoms. The van der Waals surface area contributed by atoms with Gasteiger partial charge in [0, 0.05) is 0 Å². The summed E-state index contributed by atoms with van der Waals surface area (Å²) in [6, 6.07) is 0. The maximum atomic E-state index is 9.06. The average Bonchev–Trinajstić information content (AvgIpc) is 2.96. The van der Waals surface area contributed by atoms with Crippen LogP contribution in [-0.2, 0) is 4.74 Å². The van der Waals surface area contributed by atoms with Gasteiger partial charge in [-0.05, 0) is 0 Å². The molecule has 1 saturated heterocycles. The molecule has 0 amide bonds. The van der Waals surface area contributed by atoms with Crippen LogP contribution in [-0.4, -0.2) is 34.6 Å². The van der Waals surface area contributed by atoms with Crippen molar-refractivity contribution in [3.8, 4) is 0 Å². The van der Waals surface area contributed by atoms with Crippen molar-refractivity contribution in [1.82, 2.24) is 0 Å². The van der Waals surface area contributed by atoms with Crippen molar-refractivity contribution >= 4 is 0 Å². The van der Waals surface area contributed by atoms with Crippen LogP contribution in [0.5, 0.6) is 0 Å². The summed E-state index contributed by atoms with van der Waals surface area (Å²) in [6.07, 6.45) is 3.10. The molecule has 0 aromatic heterocycles. The molecule has 2 rings (SSSR count). The molecule has 1 aliphatic carbocycles. The number of ether oxygens (including phenoxy) is 1. The summed E-state index contributed by atoms with van der Waals surface area (Å²) in [6.45, 7) is 8.25. The van der Waals surface area contributed by atoms with Crippen LogP contribution < -0.4 is 0 Å². The van der Waals surface area contributed by atoms with E-state index in [4.69, 9.17) is 14.9 Å². The van der Waals surface area contributed by atoms with Crippen LogP contribution in [0.1, 0.15) is 34.1 Å². The largest absolute Gasteiger partial charge is 0.387 e. The maximum absolute atomic E-state index is 9.06. The Bertz CT molecular complexity index is 168. The third-order valence-corrected chi connectivity index (χ3v) is 1.75. The third kappa shape index (κ3) is 3.78. The molecule has 3 nitrogen and oxygen atoms in total. The second-order valence-electron chi connectivity index (χ2n) is 3.14. The molecule has 1 heterocycles. The summed E-state index contributed by atoms with van der Waals surface area (Å²) in [5.74, 6) is 0. The van der Waals surface area contributed by atoms with Gasteiger partial charge >= 0.3 is 0 Å². The highest BCUT2D eigenvalue weighted by Crippen LogP contribution is 2.31. The summed E-state index contributed by atoms with van der Waals surface area (Å²) < 4.78 is 4.96. The van der Waals surface area contributed by atoms with E-state index in [9.17, 15) is 0 Å². The zero-order chi connectivity index (χ0) is 11.1. The van der Waals surface area contributed by atoms with Crippen molar-refractivity contribution in [3.63, 3.8) is 0 Å². The van der Waals surface area contributed by atoms with Crippen molar-refractivity contribution in [2.75, 3.05) is 0 Å². The molecule has 84 valence electrons. The minimum absolute atomic E-state index is 0.0726. The lowest BCUT2D eigenvalue weighted by Crippen LogP contribution is -2.32. The lowest BCUT2D eigenvalue weighted by Gasteiger charge is -2.13. The fourth-order valence-electron chi connectivity index (χ4n) is 1.10. The molecule has 1 aliphatic heterocycles. The van der Waals surface area contributed by atoms with Gasteiger partial charge in [-0.1, -0.05) is 46.3 Å². The van der Waals surface area contributed by atoms with Crippen LogP contribution >= 0.6 is 0 Å². The molecule has 1 fully saturated rings. The molecule has 2 unspecified atom stereocenters. The Kier molecular flexibility index (Phi) is 6.79. The van der Waals surface area contributed by atoms with Gasteiger partial charge in [0.1, 0.15) is 24.4 Å². The van der Waals surface area contributed by atoms with E-state index < -0.39 is 12.2 Å². The number of rotatable bonds is 0. The van der Waals surface area contributed by atoms with Gasteiger partial charge in [0.15, 0.2) is 0 Å². The molecular formula is C11H22O3. The smallest absolute Gasteiger partial charge is 0.117 e. The van der Waals surface area contributed by atoms with Crippen LogP contribution in [0.3, 0.4) is 0 Å². The van der Waals surface area contributed by atoms with Crippen LogP contribution in [0.4, 0.5) is 0 Å². The summed E-state index contributed by atoms with van der Waals surface area (Å²) in [5.41, 5.74) is 0. The Morgan fingerprint density at radius 2 is 1.64 bits per heavy atom. The molecule has 4 atom stereocenters. The number of epoxide rings is 1. The van der Waals surface area contributed by atoms with Gasteiger partial charge in [-0.15, -0.1) is 0 Å². The van der Waals surface area contributed by atoms with E-state index in [-0.39, 0.29) is 12.2 Å². The monoisotopic (exact) mass is 202 g/mol. The van der Waals surface area contributed by atoms with Crippen molar-refractivity contribution in [2.24, 2.45) is 0 Å². The summed E-state index contributed by atoms with van der Waals surface area (Å²) >= 11 is 0. The molecule has 0 aromatic carbocycles. The van der Waals surface area contributed by atoms with E-state index in [2.05, 4.69) is 13.8 Å². The van der Waals surface area contributed by atoms with Gasteiger partial charge in [-0.25, -0.2) is 0 Å². The van der Waals surface area contributed by atoms with Crippen molar-refractivity contribution in [3.05, 3.63) is 12.2 Å². The minimum Gasteiger partial charge on any atom is -0.387 e. The predicted molar refractivity (Wildman–Crippen MR) is 57.1 cm³/mol. The molecule has 2 aliphatic rings. The lowest BCUT2D eigenvalue weighted by molar-refractivity contribution is 0.0288. The first-order chi connectivity index (χ1) is 6.70. The predicted octanol–water partition coefficient (Wildman–Crippen LogP) is 1.49. The van der Waals surface area contributed by atoms with E-state index in [1.54, 1.807) is 12.2 Å². The fourth-order valence-corrected chi connectivity index (χ4v) is 1.10. The SMILES string of the molecule is CC.CCC.O[C@@H]1C=CC2OC2[C@@H]1O. The van der Waals surface area contributed by atoms with Crippen LogP contribution in [0, 0.1) is 0 Å². The van der Waals surface area contributed by atoms with Gasteiger partial charge in [-0.3, -0.25) is 0 Å². The first kappa shape index (κ1) is 13.6.